The Labute approximate surface area is 221 Å². The van der Waals surface area contributed by atoms with Crippen LogP contribution >= 0.6 is 11.6 Å². The van der Waals surface area contributed by atoms with E-state index in [1.165, 1.54) is 36.4 Å². The molecule has 0 aromatic heterocycles. The Morgan fingerprint density at radius 1 is 0.921 bits per heavy atom. The zero-order valence-corrected chi connectivity index (χ0v) is 21.0. The number of nitrogens with zero attached hydrogens (tertiary/aromatic N) is 2. The van der Waals surface area contributed by atoms with Crippen molar-refractivity contribution in [1.29, 1.82) is 0 Å². The zero-order valence-electron chi connectivity index (χ0n) is 20.3. The van der Waals surface area contributed by atoms with Crippen LogP contribution in [0.1, 0.15) is 26.3 Å². The lowest BCUT2D eigenvalue weighted by atomic mass is 10.0. The number of primary amides is 1. The molecule has 0 aliphatic heterocycles. The first-order chi connectivity index (χ1) is 17.8. The smallest absolute Gasteiger partial charge is 0.347 e. The number of carbonyl (C=O) groups is 4. The van der Waals surface area contributed by atoms with Crippen molar-refractivity contribution in [2.75, 3.05) is 13.6 Å². The van der Waals surface area contributed by atoms with Crippen molar-refractivity contribution >= 4 is 35.4 Å². The zero-order chi connectivity index (χ0) is 28.4. The number of nitrogens with two attached hydrogens (primary N) is 1. The second-order valence-electron chi connectivity index (χ2n) is 8.46. The largest absolute Gasteiger partial charge is 0.508 e. The third-order valence-electron chi connectivity index (χ3n) is 5.75. The SMILES string of the molecule is Cc1ccccc1C(=O)N(C(N)=O)[C@@](Cl)(CN(C)C(=O)c1cc(O)c(-c2cccc(O)c2)c(O)c1)C(=O)O. The predicted molar refractivity (Wildman–Crippen MR) is 137 cm³/mol. The highest BCUT2D eigenvalue weighted by Crippen LogP contribution is 2.39. The molecule has 6 N–H and O–H groups in total. The second-order valence-corrected chi connectivity index (χ2v) is 9.08. The van der Waals surface area contributed by atoms with Crippen LogP contribution in [0.25, 0.3) is 11.1 Å². The fourth-order valence-corrected chi connectivity index (χ4v) is 4.24. The number of phenols is 3. The molecule has 0 unspecified atom stereocenters. The molecule has 3 rings (SSSR count). The van der Waals surface area contributed by atoms with Gasteiger partial charge in [0.05, 0.1) is 12.1 Å². The highest BCUT2D eigenvalue weighted by atomic mass is 35.5. The molecule has 0 fully saturated rings. The molecule has 0 radical (unpaired) electrons. The summed E-state index contributed by atoms with van der Waals surface area (Å²) in [4.78, 5) is 49.0. The minimum atomic E-state index is -2.80. The van der Waals surface area contributed by atoms with Crippen LogP contribution in [0.3, 0.4) is 0 Å². The Kier molecular flexibility index (Phi) is 7.82. The summed E-state index contributed by atoms with van der Waals surface area (Å²) in [5, 5.41) is 40.6. The molecule has 0 saturated carbocycles. The first kappa shape index (κ1) is 27.8. The van der Waals surface area contributed by atoms with Gasteiger partial charge in [-0.15, -0.1) is 0 Å². The average molecular weight is 542 g/mol. The van der Waals surface area contributed by atoms with Gasteiger partial charge in [-0.25, -0.2) is 14.5 Å². The number of aromatic hydroxyl groups is 3. The van der Waals surface area contributed by atoms with Crippen molar-refractivity contribution < 1.29 is 39.6 Å². The summed E-state index contributed by atoms with van der Waals surface area (Å²) in [7, 11) is 1.15. The Bertz CT molecular complexity index is 1420. The van der Waals surface area contributed by atoms with E-state index in [0.717, 1.165) is 24.1 Å². The van der Waals surface area contributed by atoms with E-state index in [4.69, 9.17) is 17.3 Å². The van der Waals surface area contributed by atoms with E-state index in [9.17, 15) is 39.6 Å². The Balaban J connectivity index is 1.96. The number of urea groups is 1. The number of aryl methyl sites for hydroxylation is 1. The molecule has 38 heavy (non-hydrogen) atoms. The number of carboxylic acids is 1. The van der Waals surface area contributed by atoms with Crippen molar-refractivity contribution in [3.63, 3.8) is 0 Å². The standard InChI is InChI=1S/C26H24ClN3O8/c1-14-6-3-4-9-18(14)23(35)30(25(28)38)26(27,24(36)37)13-29(2)22(34)16-11-19(32)21(20(33)12-16)15-7-5-8-17(31)10-15/h3-12,31-33H,13H2,1-2H3,(H2,28,38)(H,36,37)/t26-/m0/s1. The summed E-state index contributed by atoms with van der Waals surface area (Å²) >= 11 is 6.33. The number of phenolic OH excluding ortho intramolecular Hbond substituents is 3. The number of likely N-dealkylation sites (N-methyl/N-ethyl adjacent to an activating group) is 1. The molecule has 0 heterocycles. The lowest BCUT2D eigenvalue weighted by Gasteiger charge is -2.36. The fourth-order valence-electron chi connectivity index (χ4n) is 3.90. The van der Waals surface area contributed by atoms with E-state index in [0.29, 0.717) is 5.56 Å². The number of rotatable bonds is 7. The molecule has 1 atom stereocenters. The number of hydrogen-bond acceptors (Lipinski definition) is 7. The summed E-state index contributed by atoms with van der Waals surface area (Å²) in [6.07, 6.45) is 0. The van der Waals surface area contributed by atoms with E-state index < -0.39 is 46.9 Å². The van der Waals surface area contributed by atoms with Crippen LogP contribution in [0.5, 0.6) is 17.2 Å². The number of amides is 4. The first-order valence-corrected chi connectivity index (χ1v) is 11.4. The monoisotopic (exact) mass is 541 g/mol. The van der Waals surface area contributed by atoms with Crippen LogP contribution in [0.4, 0.5) is 4.79 Å². The van der Waals surface area contributed by atoms with Gasteiger partial charge < -0.3 is 31.1 Å². The number of halogens is 1. The van der Waals surface area contributed by atoms with Gasteiger partial charge in [0, 0.05) is 18.2 Å². The predicted octanol–water partition coefficient (Wildman–Crippen LogP) is 3.09. The van der Waals surface area contributed by atoms with E-state index >= 15 is 0 Å². The van der Waals surface area contributed by atoms with Crippen LogP contribution in [0.15, 0.2) is 60.7 Å². The average Bonchev–Trinajstić information content (AvgIpc) is 2.83. The molecule has 4 amide bonds. The summed E-state index contributed by atoms with van der Waals surface area (Å²) in [5.74, 6) is -4.94. The third-order valence-corrected chi connectivity index (χ3v) is 6.20. The van der Waals surface area contributed by atoms with E-state index in [2.05, 4.69) is 0 Å². The maximum absolute atomic E-state index is 13.2. The number of carbonyl (C=O) groups excluding carboxylic acids is 3. The van der Waals surface area contributed by atoms with Gasteiger partial charge in [-0.05, 0) is 48.4 Å². The van der Waals surface area contributed by atoms with Gasteiger partial charge in [-0.3, -0.25) is 9.59 Å². The van der Waals surface area contributed by atoms with E-state index in [1.807, 2.05) is 0 Å². The maximum Gasteiger partial charge on any atom is 0.347 e. The second kappa shape index (κ2) is 10.7. The molecule has 0 bridgehead atoms. The summed E-state index contributed by atoms with van der Waals surface area (Å²) in [5.41, 5.74) is 5.72. The molecule has 0 aliphatic carbocycles. The maximum atomic E-state index is 13.2. The number of hydrogen-bond donors (Lipinski definition) is 5. The number of carboxylic acid groups (broad SMARTS) is 1. The molecule has 12 heteroatoms. The summed E-state index contributed by atoms with van der Waals surface area (Å²) < 4.78 is 0. The van der Waals surface area contributed by atoms with Gasteiger partial charge in [-0.1, -0.05) is 41.9 Å². The molecule has 198 valence electrons. The van der Waals surface area contributed by atoms with Gasteiger partial charge in [0.15, 0.2) is 0 Å². The van der Waals surface area contributed by atoms with Crippen LogP contribution in [-0.2, 0) is 4.79 Å². The third kappa shape index (κ3) is 5.32. The quantitative estimate of drug-likeness (QED) is 0.223. The minimum Gasteiger partial charge on any atom is -0.508 e. The highest BCUT2D eigenvalue weighted by Gasteiger charge is 2.50. The van der Waals surface area contributed by atoms with Crippen LogP contribution in [0.2, 0.25) is 0 Å². The molecule has 3 aromatic carbocycles. The minimum absolute atomic E-state index is 0.0241. The van der Waals surface area contributed by atoms with E-state index in [-0.39, 0.29) is 32.9 Å². The highest BCUT2D eigenvalue weighted by molar-refractivity contribution is 6.36. The van der Waals surface area contributed by atoms with Crippen LogP contribution in [0, 0.1) is 6.92 Å². The number of alkyl halides is 1. The van der Waals surface area contributed by atoms with Crippen molar-refractivity contribution in [1.82, 2.24) is 9.80 Å². The lowest BCUT2D eigenvalue weighted by molar-refractivity contribution is -0.144. The van der Waals surface area contributed by atoms with Gasteiger partial charge >= 0.3 is 12.0 Å². The van der Waals surface area contributed by atoms with Crippen molar-refractivity contribution in [2.45, 2.75) is 11.9 Å². The van der Waals surface area contributed by atoms with Gasteiger partial charge in [0.1, 0.15) is 17.2 Å². The fraction of sp³-hybridized carbons (Fsp3) is 0.154. The normalized spacial score (nSPS) is 12.3. The Morgan fingerprint density at radius 3 is 2.05 bits per heavy atom. The van der Waals surface area contributed by atoms with Crippen LogP contribution < -0.4 is 5.73 Å². The first-order valence-electron chi connectivity index (χ1n) is 11.0. The van der Waals surface area contributed by atoms with E-state index in [1.54, 1.807) is 19.1 Å². The summed E-state index contributed by atoms with van der Waals surface area (Å²) in [6, 6.07) is 12.4. The molecule has 0 aliphatic rings. The molecule has 0 saturated heterocycles. The van der Waals surface area contributed by atoms with Gasteiger partial charge in [0.2, 0.25) is 5.00 Å². The number of benzene rings is 3. The molecule has 0 spiro atoms. The molecular weight excluding hydrogens is 518 g/mol. The number of aliphatic carboxylic acids is 1. The molecular formula is C26H24ClN3O8. The number of imide groups is 1. The topological polar surface area (TPSA) is 182 Å². The van der Waals surface area contributed by atoms with Gasteiger partial charge in [-0.2, -0.15) is 0 Å². The van der Waals surface area contributed by atoms with Gasteiger partial charge in [0.25, 0.3) is 11.8 Å². The summed E-state index contributed by atoms with van der Waals surface area (Å²) in [6.45, 7) is 0.664. The Hall–Kier alpha value is -4.77. The van der Waals surface area contributed by atoms with Crippen LogP contribution in [-0.4, -0.2) is 72.6 Å². The lowest BCUT2D eigenvalue weighted by Crippen LogP contribution is -2.62. The Morgan fingerprint density at radius 2 is 1.53 bits per heavy atom. The van der Waals surface area contributed by atoms with Crippen molar-refractivity contribution in [2.24, 2.45) is 5.73 Å². The van der Waals surface area contributed by atoms with Crippen molar-refractivity contribution in [3.8, 4) is 28.4 Å². The molecule has 11 nitrogen and oxygen atoms in total. The molecule has 3 aromatic rings. The van der Waals surface area contributed by atoms with Crippen molar-refractivity contribution in [3.05, 3.63) is 77.4 Å².